The van der Waals surface area contributed by atoms with Crippen molar-refractivity contribution in [2.75, 3.05) is 0 Å². The van der Waals surface area contributed by atoms with Gasteiger partial charge in [0.15, 0.2) is 0 Å². The molecule has 2 atom stereocenters. The molecule has 0 amide bonds. The topological polar surface area (TPSA) is 25.8 Å². The zero-order chi connectivity index (χ0) is 41.9. The van der Waals surface area contributed by atoms with Gasteiger partial charge in [0.05, 0.1) is 22.4 Å². The van der Waals surface area contributed by atoms with Crippen LogP contribution >= 0.6 is 0 Å². The average Bonchev–Trinajstić information content (AvgIpc) is 3.37. The van der Waals surface area contributed by atoms with Gasteiger partial charge in [-0.05, 0) is 125 Å². The molecule has 2 aromatic heterocycles. The predicted octanol–water partition coefficient (Wildman–Crippen LogP) is 16.4. The van der Waals surface area contributed by atoms with Gasteiger partial charge in [-0.25, -0.2) is 9.97 Å². The van der Waals surface area contributed by atoms with Gasteiger partial charge in [0.2, 0.25) is 0 Å². The zero-order valence-electron chi connectivity index (χ0n) is 35.1. The second-order valence-electron chi connectivity index (χ2n) is 17.9. The van der Waals surface area contributed by atoms with Crippen LogP contribution in [0.1, 0.15) is 46.9 Å². The highest BCUT2D eigenvalue weighted by molar-refractivity contribution is 6.14. The molecule has 0 saturated carbocycles. The molecule has 2 heterocycles. The summed E-state index contributed by atoms with van der Waals surface area (Å²) in [6, 6.07) is 76.0. The van der Waals surface area contributed by atoms with E-state index in [4.69, 9.17) is 9.97 Å². The van der Waals surface area contributed by atoms with Crippen molar-refractivity contribution in [3.05, 3.63) is 229 Å². The number of rotatable bonds is 4. The van der Waals surface area contributed by atoms with Crippen LogP contribution < -0.4 is 0 Å². The second-order valence-corrected chi connectivity index (χ2v) is 17.9. The fourth-order valence-corrected chi connectivity index (χ4v) is 11.6. The molecule has 0 N–H and O–H groups in total. The van der Waals surface area contributed by atoms with Gasteiger partial charge in [0, 0.05) is 33.7 Å². The maximum atomic E-state index is 5.78. The summed E-state index contributed by atoms with van der Waals surface area (Å²) in [7, 11) is 0. The van der Waals surface area contributed by atoms with E-state index in [1.54, 1.807) is 0 Å². The molecule has 0 radical (unpaired) electrons. The summed E-state index contributed by atoms with van der Waals surface area (Å²) in [5.41, 5.74) is 17.1. The number of fused-ring (bicyclic) bond motifs is 9. The molecule has 3 aliphatic rings. The third-order valence-corrected chi connectivity index (χ3v) is 14.5. The van der Waals surface area contributed by atoms with E-state index in [9.17, 15) is 0 Å². The second kappa shape index (κ2) is 13.8. The molecule has 15 rings (SSSR count). The predicted molar refractivity (Wildman–Crippen MR) is 268 cm³/mol. The smallest absolute Gasteiger partial charge is 0.0750 e. The van der Waals surface area contributed by atoms with Crippen molar-refractivity contribution >= 4 is 64.9 Å². The van der Waals surface area contributed by atoms with E-state index in [1.807, 2.05) is 0 Å². The number of pyridine rings is 2. The number of hydrogen-bond acceptors (Lipinski definition) is 2. The number of aromatic nitrogens is 2. The molecule has 12 aromatic rings. The van der Waals surface area contributed by atoms with Crippen molar-refractivity contribution in [2.45, 2.75) is 24.7 Å². The summed E-state index contributed by atoms with van der Waals surface area (Å²) < 4.78 is 0. The molecule has 2 unspecified atom stereocenters. The van der Waals surface area contributed by atoms with E-state index < -0.39 is 0 Å². The molecule has 2 heteroatoms. The largest absolute Gasteiger partial charge is 0.247 e. The maximum Gasteiger partial charge on any atom is 0.0750 e. The third kappa shape index (κ3) is 5.33. The maximum absolute atomic E-state index is 5.78. The van der Waals surface area contributed by atoms with Crippen LogP contribution in [0.3, 0.4) is 0 Å². The summed E-state index contributed by atoms with van der Waals surface area (Å²) in [5.74, 6) is 0.294. The van der Waals surface area contributed by atoms with Crippen molar-refractivity contribution < 1.29 is 0 Å². The summed E-state index contributed by atoms with van der Waals surface area (Å²) in [6.07, 6.45) is 2.12. The van der Waals surface area contributed by atoms with Gasteiger partial charge >= 0.3 is 0 Å². The average molecular weight is 813 g/mol. The van der Waals surface area contributed by atoms with Crippen molar-refractivity contribution in [1.82, 2.24) is 9.97 Å². The Kier molecular flexibility index (Phi) is 7.67. The lowest BCUT2D eigenvalue weighted by atomic mass is 9.61. The number of nitrogens with zero attached hydrogens (tertiary/aromatic N) is 2. The van der Waals surface area contributed by atoms with Crippen LogP contribution in [0.5, 0.6) is 0 Å². The molecule has 3 aliphatic carbocycles. The molecule has 298 valence electrons. The quantitative estimate of drug-likeness (QED) is 0.131. The lowest BCUT2D eigenvalue weighted by Gasteiger charge is -2.43. The third-order valence-electron chi connectivity index (χ3n) is 14.5. The Labute approximate surface area is 371 Å². The summed E-state index contributed by atoms with van der Waals surface area (Å²) in [6.45, 7) is 0. The van der Waals surface area contributed by atoms with Gasteiger partial charge in [0.25, 0.3) is 0 Å². The summed E-state index contributed by atoms with van der Waals surface area (Å²) >= 11 is 0. The minimum atomic E-state index is 0.147. The highest BCUT2D eigenvalue weighted by atomic mass is 14.7. The standard InChI is InChI=1S/C62H40N2/c1-3-11-37(12-4-1)39-19-25-43(26-20-39)61-59-49-31-32-50(57(59)53-33-45-29-23-41-15-7-9-17-47(41)51(45)35-55(53)63-61)60-58(49)54-34-46-30-24-42-16-8-10-18-48(42)52(46)36-56(54)64-62(60)44-27-21-40(22-28-44)38-13-5-2-6-14-38/h1-30,33-36,49-50H,31-32H2. The number of benzene rings is 10. The molecule has 0 saturated heterocycles. The molecule has 2 nitrogen and oxygen atoms in total. The minimum absolute atomic E-state index is 0.147. The molecule has 0 fully saturated rings. The zero-order valence-corrected chi connectivity index (χ0v) is 35.1. The van der Waals surface area contributed by atoms with E-state index in [0.717, 1.165) is 46.4 Å². The first-order valence-electron chi connectivity index (χ1n) is 22.6. The normalized spacial score (nSPS) is 15.4. The van der Waals surface area contributed by atoms with Crippen molar-refractivity contribution in [3.8, 4) is 44.8 Å². The summed E-state index contributed by atoms with van der Waals surface area (Å²) in [4.78, 5) is 11.6. The monoisotopic (exact) mass is 812 g/mol. The molecule has 0 aliphatic heterocycles. The molecular weight excluding hydrogens is 773 g/mol. The van der Waals surface area contributed by atoms with Crippen LogP contribution in [-0.4, -0.2) is 9.97 Å². The van der Waals surface area contributed by atoms with Gasteiger partial charge in [-0.1, -0.05) is 182 Å². The Morgan fingerprint density at radius 2 is 0.625 bits per heavy atom. The summed E-state index contributed by atoms with van der Waals surface area (Å²) in [5, 5.41) is 12.5. The highest BCUT2D eigenvalue weighted by Crippen LogP contribution is 2.60. The molecule has 10 aromatic carbocycles. The lowest BCUT2D eigenvalue weighted by molar-refractivity contribution is 0.526. The Bertz CT molecular complexity index is 3610. The van der Waals surface area contributed by atoms with Crippen LogP contribution in [-0.2, 0) is 0 Å². The van der Waals surface area contributed by atoms with E-state index in [-0.39, 0.29) is 11.8 Å². The van der Waals surface area contributed by atoms with Crippen LogP contribution in [0.25, 0.3) is 110 Å². The van der Waals surface area contributed by atoms with Crippen molar-refractivity contribution in [2.24, 2.45) is 0 Å². The van der Waals surface area contributed by atoms with Gasteiger partial charge in [-0.2, -0.15) is 0 Å². The SMILES string of the molecule is c1ccc(-c2ccc(-c3nc4cc5c(ccc6ccccc65)cc4c4c3C3CCC4c4c(-c5ccc(-c6ccccc6)cc5)nc5cc6c(ccc7ccccc76)cc5c43)cc2)cc1. The van der Waals surface area contributed by atoms with Crippen LogP contribution in [0.4, 0.5) is 0 Å². The lowest BCUT2D eigenvalue weighted by Crippen LogP contribution is -2.28. The van der Waals surface area contributed by atoms with Gasteiger partial charge < -0.3 is 0 Å². The fraction of sp³-hybridized carbons (Fsp3) is 0.0645. The highest BCUT2D eigenvalue weighted by Gasteiger charge is 2.44. The molecular formula is C62H40N2. The Morgan fingerprint density at radius 3 is 1.06 bits per heavy atom. The van der Waals surface area contributed by atoms with E-state index in [0.29, 0.717) is 0 Å². The van der Waals surface area contributed by atoms with E-state index >= 15 is 0 Å². The van der Waals surface area contributed by atoms with Gasteiger partial charge in [-0.3, -0.25) is 0 Å². The first-order chi connectivity index (χ1) is 31.7. The minimum Gasteiger partial charge on any atom is -0.247 e. The fourth-order valence-electron chi connectivity index (χ4n) is 11.6. The molecule has 0 spiro atoms. The Hall–Kier alpha value is -7.94. The van der Waals surface area contributed by atoms with E-state index in [1.165, 1.54) is 98.4 Å². The van der Waals surface area contributed by atoms with Crippen LogP contribution in [0.15, 0.2) is 206 Å². The van der Waals surface area contributed by atoms with E-state index in [2.05, 4.69) is 206 Å². The Balaban J connectivity index is 1.07. The van der Waals surface area contributed by atoms with Gasteiger partial charge in [0.1, 0.15) is 0 Å². The van der Waals surface area contributed by atoms with Crippen LogP contribution in [0.2, 0.25) is 0 Å². The van der Waals surface area contributed by atoms with Crippen molar-refractivity contribution in [3.63, 3.8) is 0 Å². The molecule has 2 bridgehead atoms. The first-order valence-corrected chi connectivity index (χ1v) is 22.6. The van der Waals surface area contributed by atoms with Crippen molar-refractivity contribution in [1.29, 1.82) is 0 Å². The Morgan fingerprint density at radius 1 is 0.266 bits per heavy atom. The van der Waals surface area contributed by atoms with Gasteiger partial charge in [-0.15, -0.1) is 0 Å². The number of hydrogen-bond donors (Lipinski definition) is 0. The van der Waals surface area contributed by atoms with Crippen LogP contribution in [0, 0.1) is 0 Å². The first kappa shape index (κ1) is 35.6. The molecule has 64 heavy (non-hydrogen) atoms.